The van der Waals surface area contributed by atoms with Crippen molar-refractivity contribution in [1.82, 2.24) is 9.62 Å². The van der Waals surface area contributed by atoms with E-state index >= 15 is 0 Å². The first kappa shape index (κ1) is 20.5. The van der Waals surface area contributed by atoms with Gasteiger partial charge in [0.15, 0.2) is 0 Å². The molecule has 1 aromatic rings. The molecule has 1 aliphatic heterocycles. The van der Waals surface area contributed by atoms with Crippen LogP contribution in [0.5, 0.6) is 0 Å². The molecule has 1 N–H and O–H groups in total. The molecule has 8 heteroatoms. The van der Waals surface area contributed by atoms with Crippen LogP contribution in [0.3, 0.4) is 0 Å². The maximum atomic E-state index is 12.7. The van der Waals surface area contributed by atoms with Crippen LogP contribution >= 0.6 is 23.2 Å². The van der Waals surface area contributed by atoms with E-state index in [0.29, 0.717) is 35.0 Å². The van der Waals surface area contributed by atoms with E-state index in [4.69, 9.17) is 23.2 Å². The number of nitrogens with one attached hydrogen (secondary N) is 1. The molecule has 0 saturated carbocycles. The maximum absolute atomic E-state index is 12.7. The van der Waals surface area contributed by atoms with Gasteiger partial charge in [0.2, 0.25) is 15.9 Å². The molecule has 0 aromatic heterocycles. The van der Waals surface area contributed by atoms with Gasteiger partial charge in [-0.15, -0.1) is 0 Å². The highest BCUT2D eigenvalue weighted by molar-refractivity contribution is 7.88. The molecule has 1 aliphatic rings. The zero-order chi connectivity index (χ0) is 18.8. The molecule has 140 valence electrons. The van der Waals surface area contributed by atoms with Crippen LogP contribution in [-0.4, -0.2) is 37.3 Å². The van der Waals surface area contributed by atoms with Crippen molar-refractivity contribution in [2.45, 2.75) is 44.9 Å². The third-order valence-electron chi connectivity index (χ3n) is 3.98. The normalized spacial score (nSPS) is 19.6. The molecule has 1 amide bonds. The first-order valence-electron chi connectivity index (χ1n) is 8.22. The van der Waals surface area contributed by atoms with Crippen molar-refractivity contribution in [3.8, 4) is 0 Å². The van der Waals surface area contributed by atoms with Gasteiger partial charge in [-0.1, -0.05) is 29.3 Å². The summed E-state index contributed by atoms with van der Waals surface area (Å²) < 4.78 is 26.9. The first-order valence-corrected chi connectivity index (χ1v) is 10.6. The Labute approximate surface area is 159 Å². The molecule has 0 unspecified atom stereocenters. The van der Waals surface area contributed by atoms with Gasteiger partial charge < -0.3 is 5.32 Å². The van der Waals surface area contributed by atoms with Gasteiger partial charge in [0.25, 0.3) is 0 Å². The van der Waals surface area contributed by atoms with Crippen molar-refractivity contribution in [3.63, 3.8) is 0 Å². The minimum Gasteiger partial charge on any atom is -0.351 e. The summed E-state index contributed by atoms with van der Waals surface area (Å²) in [6.45, 7) is 6.38. The standard InChI is InChI=1S/C17H24Cl2N2O3S/c1-17(2,3)20-16(22)13-5-4-8-21(10-13)25(23,24)11-12-6-7-14(18)15(19)9-12/h6-7,9,13H,4-5,8,10-11H2,1-3H3,(H,20,22)/t13-/m0/s1. The predicted octanol–water partition coefficient (Wildman–Crippen LogP) is 3.45. The number of carbonyl (C=O) groups excluding carboxylic acids is 1. The first-order chi connectivity index (χ1) is 11.5. The highest BCUT2D eigenvalue weighted by Crippen LogP contribution is 2.26. The van der Waals surface area contributed by atoms with E-state index in [9.17, 15) is 13.2 Å². The van der Waals surface area contributed by atoms with Crippen LogP contribution in [0.1, 0.15) is 39.2 Å². The van der Waals surface area contributed by atoms with E-state index in [1.807, 2.05) is 20.8 Å². The molecule has 1 aromatic carbocycles. The molecular weight excluding hydrogens is 383 g/mol. The van der Waals surface area contributed by atoms with Crippen LogP contribution in [0.4, 0.5) is 0 Å². The summed E-state index contributed by atoms with van der Waals surface area (Å²) in [5, 5.41) is 3.65. The van der Waals surface area contributed by atoms with Gasteiger partial charge in [0.1, 0.15) is 0 Å². The van der Waals surface area contributed by atoms with Crippen molar-refractivity contribution in [1.29, 1.82) is 0 Å². The van der Waals surface area contributed by atoms with Gasteiger partial charge in [-0.3, -0.25) is 4.79 Å². The van der Waals surface area contributed by atoms with Crippen LogP contribution in [0.25, 0.3) is 0 Å². The SMILES string of the molecule is CC(C)(C)NC(=O)[C@H]1CCCN(S(=O)(=O)Cc2ccc(Cl)c(Cl)c2)C1. The molecule has 1 heterocycles. The summed E-state index contributed by atoms with van der Waals surface area (Å²) in [6.07, 6.45) is 1.36. The summed E-state index contributed by atoms with van der Waals surface area (Å²) in [5.41, 5.74) is 0.244. The number of hydrogen-bond acceptors (Lipinski definition) is 3. The Morgan fingerprint density at radius 1 is 1.28 bits per heavy atom. The number of carbonyl (C=O) groups is 1. The monoisotopic (exact) mass is 406 g/mol. The van der Waals surface area contributed by atoms with Gasteiger partial charge in [0, 0.05) is 18.6 Å². The maximum Gasteiger partial charge on any atom is 0.224 e. The Morgan fingerprint density at radius 3 is 2.56 bits per heavy atom. The summed E-state index contributed by atoms with van der Waals surface area (Å²) in [7, 11) is -3.52. The summed E-state index contributed by atoms with van der Waals surface area (Å²) in [5.74, 6) is -0.573. The Hall–Kier alpha value is -0.820. The van der Waals surface area contributed by atoms with Crippen LogP contribution in [0, 0.1) is 5.92 Å². The molecular formula is C17H24Cl2N2O3S. The van der Waals surface area contributed by atoms with E-state index in [0.717, 1.165) is 0 Å². The number of hydrogen-bond donors (Lipinski definition) is 1. The van der Waals surface area contributed by atoms with Gasteiger partial charge in [0.05, 0.1) is 21.7 Å². The van der Waals surface area contributed by atoms with Gasteiger partial charge in [-0.2, -0.15) is 0 Å². The zero-order valence-corrected chi connectivity index (χ0v) is 17.0. The number of benzene rings is 1. The number of amides is 1. The van der Waals surface area contributed by atoms with Crippen LogP contribution in [-0.2, 0) is 20.6 Å². The topological polar surface area (TPSA) is 66.5 Å². The van der Waals surface area contributed by atoms with Gasteiger partial charge in [-0.05, 0) is 51.3 Å². The van der Waals surface area contributed by atoms with E-state index in [1.165, 1.54) is 4.31 Å². The van der Waals surface area contributed by atoms with Crippen molar-refractivity contribution in [2.24, 2.45) is 5.92 Å². The molecule has 2 rings (SSSR count). The fourth-order valence-corrected chi connectivity index (χ4v) is 4.73. The number of nitrogens with zero attached hydrogens (tertiary/aromatic N) is 1. The average Bonchev–Trinajstić information content (AvgIpc) is 2.49. The molecule has 5 nitrogen and oxygen atoms in total. The second kappa shape index (κ2) is 7.82. The van der Waals surface area contributed by atoms with E-state index < -0.39 is 10.0 Å². The zero-order valence-electron chi connectivity index (χ0n) is 14.7. The second-order valence-corrected chi connectivity index (χ2v) is 10.2. The quantitative estimate of drug-likeness (QED) is 0.832. The average molecular weight is 407 g/mol. The van der Waals surface area contributed by atoms with Crippen LogP contribution in [0.15, 0.2) is 18.2 Å². The summed E-state index contributed by atoms with van der Waals surface area (Å²) in [6, 6.07) is 4.80. The smallest absolute Gasteiger partial charge is 0.224 e. The summed E-state index contributed by atoms with van der Waals surface area (Å²) >= 11 is 11.8. The van der Waals surface area contributed by atoms with Crippen molar-refractivity contribution in [2.75, 3.05) is 13.1 Å². The number of halogens is 2. The minimum atomic E-state index is -3.52. The molecule has 1 atom stereocenters. The Kier molecular flexibility index (Phi) is 6.41. The largest absolute Gasteiger partial charge is 0.351 e. The lowest BCUT2D eigenvalue weighted by Gasteiger charge is -2.33. The Bertz CT molecular complexity index is 745. The predicted molar refractivity (Wildman–Crippen MR) is 101 cm³/mol. The van der Waals surface area contributed by atoms with Gasteiger partial charge in [-0.25, -0.2) is 12.7 Å². The van der Waals surface area contributed by atoms with E-state index in [1.54, 1.807) is 18.2 Å². The van der Waals surface area contributed by atoms with E-state index in [2.05, 4.69) is 5.32 Å². The van der Waals surface area contributed by atoms with Crippen LogP contribution in [0.2, 0.25) is 10.0 Å². The van der Waals surface area contributed by atoms with Crippen molar-refractivity contribution < 1.29 is 13.2 Å². The number of sulfonamides is 1. The lowest BCUT2D eigenvalue weighted by molar-refractivity contribution is -0.127. The van der Waals surface area contributed by atoms with Crippen molar-refractivity contribution in [3.05, 3.63) is 33.8 Å². The van der Waals surface area contributed by atoms with Crippen LogP contribution < -0.4 is 5.32 Å². The van der Waals surface area contributed by atoms with E-state index in [-0.39, 0.29) is 29.7 Å². The lowest BCUT2D eigenvalue weighted by Crippen LogP contribution is -2.49. The molecule has 0 spiro atoms. The Morgan fingerprint density at radius 2 is 1.96 bits per heavy atom. The Balaban J connectivity index is 2.08. The van der Waals surface area contributed by atoms with Crippen molar-refractivity contribution >= 4 is 39.1 Å². The molecule has 25 heavy (non-hydrogen) atoms. The third kappa shape index (κ3) is 5.84. The van der Waals surface area contributed by atoms with Gasteiger partial charge >= 0.3 is 0 Å². The second-order valence-electron chi connectivity index (χ2n) is 7.44. The fourth-order valence-electron chi connectivity index (χ4n) is 2.81. The highest BCUT2D eigenvalue weighted by Gasteiger charge is 2.33. The number of piperidine rings is 1. The lowest BCUT2D eigenvalue weighted by atomic mass is 9.97. The highest BCUT2D eigenvalue weighted by atomic mass is 35.5. The molecule has 0 bridgehead atoms. The molecule has 0 aliphatic carbocycles. The fraction of sp³-hybridized carbons (Fsp3) is 0.588. The molecule has 1 saturated heterocycles. The third-order valence-corrected chi connectivity index (χ3v) is 6.54. The minimum absolute atomic E-state index is 0.0954. The molecule has 1 fully saturated rings. The molecule has 0 radical (unpaired) electrons. The summed E-state index contributed by atoms with van der Waals surface area (Å²) in [4.78, 5) is 12.4. The number of rotatable bonds is 4.